The van der Waals surface area contributed by atoms with E-state index in [4.69, 9.17) is 0 Å². The molecule has 1 saturated carbocycles. The SMILES string of the molecule is C[C@H]1C(=O)CC[C@H]1c1ccccc1. The molecule has 0 aromatic heterocycles. The van der Waals surface area contributed by atoms with Crippen LogP contribution in [-0.4, -0.2) is 5.78 Å². The van der Waals surface area contributed by atoms with Crippen LogP contribution in [0.3, 0.4) is 0 Å². The summed E-state index contributed by atoms with van der Waals surface area (Å²) in [5, 5.41) is 0. The zero-order chi connectivity index (χ0) is 9.26. The second-order valence-electron chi connectivity index (χ2n) is 3.81. The Bertz CT molecular complexity index is 302. The predicted octanol–water partition coefficient (Wildman–Crippen LogP) is 2.77. The number of hydrogen-bond donors (Lipinski definition) is 0. The van der Waals surface area contributed by atoms with E-state index >= 15 is 0 Å². The Morgan fingerprint density at radius 1 is 1.23 bits per heavy atom. The molecule has 1 aliphatic rings. The van der Waals surface area contributed by atoms with E-state index in [1.165, 1.54) is 5.56 Å². The summed E-state index contributed by atoms with van der Waals surface area (Å²) in [6.07, 6.45) is 1.80. The third-order valence-electron chi connectivity index (χ3n) is 3.04. The zero-order valence-electron chi connectivity index (χ0n) is 7.86. The first-order chi connectivity index (χ1) is 6.29. The van der Waals surface area contributed by atoms with Gasteiger partial charge in [-0.25, -0.2) is 0 Å². The van der Waals surface area contributed by atoms with Crippen molar-refractivity contribution in [3.05, 3.63) is 35.9 Å². The maximum Gasteiger partial charge on any atom is 0.136 e. The third kappa shape index (κ3) is 1.51. The van der Waals surface area contributed by atoms with Crippen LogP contribution in [0.4, 0.5) is 0 Å². The van der Waals surface area contributed by atoms with Crippen molar-refractivity contribution in [2.45, 2.75) is 25.7 Å². The monoisotopic (exact) mass is 174 g/mol. The molecule has 0 saturated heterocycles. The van der Waals surface area contributed by atoms with Gasteiger partial charge in [-0.3, -0.25) is 4.79 Å². The van der Waals surface area contributed by atoms with E-state index in [9.17, 15) is 4.79 Å². The standard InChI is InChI=1S/C12H14O/c1-9-11(7-8-12(9)13)10-5-3-2-4-6-10/h2-6,9,11H,7-8H2,1H3/t9-,11-/m1/s1. The molecule has 2 rings (SSSR count). The minimum atomic E-state index is 0.224. The number of carbonyl (C=O) groups is 1. The minimum absolute atomic E-state index is 0.224. The average molecular weight is 174 g/mol. The highest BCUT2D eigenvalue weighted by Crippen LogP contribution is 2.36. The fourth-order valence-corrected chi connectivity index (χ4v) is 2.16. The van der Waals surface area contributed by atoms with Crippen LogP contribution in [0.15, 0.2) is 30.3 Å². The lowest BCUT2D eigenvalue weighted by Gasteiger charge is -2.13. The topological polar surface area (TPSA) is 17.1 Å². The highest BCUT2D eigenvalue weighted by Gasteiger charge is 2.31. The van der Waals surface area contributed by atoms with Gasteiger partial charge in [0.2, 0.25) is 0 Å². The summed E-state index contributed by atoms with van der Waals surface area (Å²) in [4.78, 5) is 11.4. The Balaban J connectivity index is 2.24. The lowest BCUT2D eigenvalue weighted by atomic mass is 9.90. The molecule has 0 radical (unpaired) electrons. The number of rotatable bonds is 1. The van der Waals surface area contributed by atoms with Gasteiger partial charge in [-0.1, -0.05) is 37.3 Å². The van der Waals surface area contributed by atoms with Gasteiger partial charge in [0, 0.05) is 12.3 Å². The van der Waals surface area contributed by atoms with Crippen molar-refractivity contribution in [3.8, 4) is 0 Å². The average Bonchev–Trinajstić information content (AvgIpc) is 2.49. The van der Waals surface area contributed by atoms with Crippen LogP contribution >= 0.6 is 0 Å². The maximum absolute atomic E-state index is 11.4. The molecule has 0 bridgehead atoms. The highest BCUT2D eigenvalue weighted by molar-refractivity contribution is 5.84. The van der Waals surface area contributed by atoms with E-state index in [1.54, 1.807) is 0 Å². The van der Waals surface area contributed by atoms with E-state index in [0.717, 1.165) is 12.8 Å². The molecule has 0 amide bonds. The van der Waals surface area contributed by atoms with Crippen molar-refractivity contribution in [3.63, 3.8) is 0 Å². The Morgan fingerprint density at radius 3 is 2.46 bits per heavy atom. The van der Waals surface area contributed by atoms with Crippen LogP contribution < -0.4 is 0 Å². The van der Waals surface area contributed by atoms with Crippen molar-refractivity contribution >= 4 is 5.78 Å². The molecule has 1 fully saturated rings. The van der Waals surface area contributed by atoms with E-state index in [-0.39, 0.29) is 5.92 Å². The molecule has 1 heteroatoms. The van der Waals surface area contributed by atoms with Crippen LogP contribution in [0.1, 0.15) is 31.2 Å². The van der Waals surface area contributed by atoms with E-state index in [2.05, 4.69) is 12.1 Å². The molecule has 0 heterocycles. The number of Topliss-reactive ketones (excluding diaryl/α,β-unsaturated/α-hetero) is 1. The van der Waals surface area contributed by atoms with Gasteiger partial charge in [-0.15, -0.1) is 0 Å². The van der Waals surface area contributed by atoms with Crippen LogP contribution in [-0.2, 0) is 4.79 Å². The fourth-order valence-electron chi connectivity index (χ4n) is 2.16. The number of carbonyl (C=O) groups excluding carboxylic acids is 1. The van der Waals surface area contributed by atoms with Gasteiger partial charge >= 0.3 is 0 Å². The van der Waals surface area contributed by atoms with Gasteiger partial charge < -0.3 is 0 Å². The van der Waals surface area contributed by atoms with Crippen LogP contribution in [0, 0.1) is 5.92 Å². The maximum atomic E-state index is 11.4. The third-order valence-corrected chi connectivity index (χ3v) is 3.04. The quantitative estimate of drug-likeness (QED) is 0.639. The number of ketones is 1. The smallest absolute Gasteiger partial charge is 0.136 e. The molecule has 13 heavy (non-hydrogen) atoms. The number of benzene rings is 1. The van der Waals surface area contributed by atoms with Crippen molar-refractivity contribution in [1.29, 1.82) is 0 Å². The normalized spacial score (nSPS) is 27.9. The molecular weight excluding hydrogens is 160 g/mol. The van der Waals surface area contributed by atoms with Crippen molar-refractivity contribution in [1.82, 2.24) is 0 Å². The molecular formula is C12H14O. The molecule has 1 aliphatic carbocycles. The Labute approximate surface area is 78.8 Å². The van der Waals surface area contributed by atoms with Crippen LogP contribution in [0.25, 0.3) is 0 Å². The summed E-state index contributed by atoms with van der Waals surface area (Å²) in [7, 11) is 0. The van der Waals surface area contributed by atoms with Gasteiger partial charge in [0.25, 0.3) is 0 Å². The Hall–Kier alpha value is -1.11. The summed E-state index contributed by atoms with van der Waals surface area (Å²) in [5.41, 5.74) is 1.32. The molecule has 0 N–H and O–H groups in total. The summed E-state index contributed by atoms with van der Waals surface area (Å²) < 4.78 is 0. The van der Waals surface area contributed by atoms with E-state index in [1.807, 2.05) is 25.1 Å². The van der Waals surface area contributed by atoms with E-state index in [0.29, 0.717) is 11.7 Å². The highest BCUT2D eigenvalue weighted by atomic mass is 16.1. The molecule has 1 nitrogen and oxygen atoms in total. The van der Waals surface area contributed by atoms with Gasteiger partial charge in [0.05, 0.1) is 0 Å². The molecule has 2 atom stereocenters. The summed E-state index contributed by atoms with van der Waals surface area (Å²) in [6, 6.07) is 10.4. The molecule has 68 valence electrons. The van der Waals surface area contributed by atoms with Gasteiger partial charge in [0.15, 0.2) is 0 Å². The fraction of sp³-hybridized carbons (Fsp3) is 0.417. The minimum Gasteiger partial charge on any atom is -0.299 e. The lowest BCUT2D eigenvalue weighted by Crippen LogP contribution is -2.08. The predicted molar refractivity (Wildman–Crippen MR) is 52.6 cm³/mol. The first kappa shape index (κ1) is 8.49. The van der Waals surface area contributed by atoms with E-state index < -0.39 is 0 Å². The van der Waals surface area contributed by atoms with Gasteiger partial charge in [0.1, 0.15) is 5.78 Å². The summed E-state index contributed by atoms with van der Waals surface area (Å²) in [6.45, 7) is 2.05. The van der Waals surface area contributed by atoms with Gasteiger partial charge in [-0.2, -0.15) is 0 Å². The van der Waals surface area contributed by atoms with Crippen molar-refractivity contribution in [2.75, 3.05) is 0 Å². The zero-order valence-corrected chi connectivity index (χ0v) is 7.86. The van der Waals surface area contributed by atoms with Crippen molar-refractivity contribution in [2.24, 2.45) is 5.92 Å². The van der Waals surface area contributed by atoms with Crippen molar-refractivity contribution < 1.29 is 4.79 Å². The van der Waals surface area contributed by atoms with Crippen LogP contribution in [0.2, 0.25) is 0 Å². The Kier molecular flexibility index (Phi) is 2.17. The largest absolute Gasteiger partial charge is 0.299 e. The molecule has 1 aromatic rings. The molecule has 0 spiro atoms. The summed E-state index contributed by atoms with van der Waals surface area (Å²) in [5.74, 6) is 1.12. The Morgan fingerprint density at radius 2 is 1.92 bits per heavy atom. The molecule has 1 aromatic carbocycles. The first-order valence-corrected chi connectivity index (χ1v) is 4.86. The van der Waals surface area contributed by atoms with Gasteiger partial charge in [-0.05, 0) is 17.9 Å². The summed E-state index contributed by atoms with van der Waals surface area (Å²) >= 11 is 0. The van der Waals surface area contributed by atoms with Crippen LogP contribution in [0.5, 0.6) is 0 Å². The lowest BCUT2D eigenvalue weighted by molar-refractivity contribution is -0.120. The number of hydrogen-bond acceptors (Lipinski definition) is 1. The molecule has 0 unspecified atom stereocenters. The first-order valence-electron chi connectivity index (χ1n) is 4.86. The second-order valence-corrected chi connectivity index (χ2v) is 3.81. The second kappa shape index (κ2) is 3.33. The molecule has 0 aliphatic heterocycles.